The Kier molecular flexibility index (Phi) is 6.09. The lowest BCUT2D eigenvalue weighted by Gasteiger charge is -2.14. The Balaban J connectivity index is 1.22. The molecule has 1 aliphatic carbocycles. The van der Waals surface area contributed by atoms with Crippen LogP contribution in [0, 0.1) is 0 Å². The number of nitrogens with one attached hydrogen (secondary N) is 2. The lowest BCUT2D eigenvalue weighted by Crippen LogP contribution is -2.28. The summed E-state index contributed by atoms with van der Waals surface area (Å²) in [6.45, 7) is 1.56. The summed E-state index contributed by atoms with van der Waals surface area (Å²) in [6, 6.07) is 23.8. The van der Waals surface area contributed by atoms with Crippen molar-refractivity contribution in [3.8, 4) is 11.1 Å². The van der Waals surface area contributed by atoms with Gasteiger partial charge in [-0.25, -0.2) is 4.79 Å². The minimum atomic E-state index is -0.396. The number of fused-ring (bicyclic) bond motifs is 3. The van der Waals surface area contributed by atoms with E-state index in [9.17, 15) is 9.59 Å². The van der Waals surface area contributed by atoms with Crippen molar-refractivity contribution < 1.29 is 14.3 Å². The number of carbonyl (C=O) groups excluding carboxylic acids is 2. The molecule has 0 saturated carbocycles. The number of benzene rings is 3. The van der Waals surface area contributed by atoms with E-state index in [2.05, 4.69) is 34.9 Å². The van der Waals surface area contributed by atoms with E-state index in [1.165, 1.54) is 22.3 Å². The first-order valence-electron chi connectivity index (χ1n) is 10.1. The molecule has 0 fully saturated rings. The molecule has 0 unspecified atom stereocenters. The second-order valence-corrected chi connectivity index (χ2v) is 7.27. The van der Waals surface area contributed by atoms with E-state index < -0.39 is 6.09 Å². The van der Waals surface area contributed by atoms with Crippen molar-refractivity contribution in [1.82, 2.24) is 5.32 Å². The van der Waals surface area contributed by atoms with E-state index in [0.717, 1.165) is 18.4 Å². The van der Waals surface area contributed by atoms with Gasteiger partial charge in [0.05, 0.1) is 0 Å². The molecule has 152 valence electrons. The maximum Gasteiger partial charge on any atom is 0.407 e. The third-order valence-electron chi connectivity index (χ3n) is 5.34. The molecule has 1 amide bonds. The molecular weight excluding hydrogens is 376 g/mol. The van der Waals surface area contributed by atoms with Crippen molar-refractivity contribution in [1.29, 1.82) is 0 Å². The number of hydrogen-bond acceptors (Lipinski definition) is 4. The van der Waals surface area contributed by atoms with Gasteiger partial charge in [-0.3, -0.25) is 4.79 Å². The van der Waals surface area contributed by atoms with Crippen LogP contribution in [0.25, 0.3) is 11.1 Å². The van der Waals surface area contributed by atoms with Gasteiger partial charge >= 0.3 is 6.09 Å². The summed E-state index contributed by atoms with van der Waals surface area (Å²) in [5.74, 6) is 0.0687. The Bertz CT molecular complexity index is 985. The summed E-state index contributed by atoms with van der Waals surface area (Å²) in [5, 5.41) is 6.07. The van der Waals surface area contributed by atoms with Crippen LogP contribution >= 0.6 is 0 Å². The number of hydrogen-bond donors (Lipinski definition) is 2. The van der Waals surface area contributed by atoms with E-state index in [-0.39, 0.29) is 5.92 Å². The van der Waals surface area contributed by atoms with Gasteiger partial charge in [-0.15, -0.1) is 0 Å². The second-order valence-electron chi connectivity index (χ2n) is 7.27. The Morgan fingerprint density at radius 3 is 2.13 bits per heavy atom. The quantitative estimate of drug-likeness (QED) is 0.419. The number of aldehydes is 1. The minimum absolute atomic E-state index is 0.0687. The topological polar surface area (TPSA) is 67.4 Å². The van der Waals surface area contributed by atoms with Gasteiger partial charge < -0.3 is 15.4 Å². The Morgan fingerprint density at radius 1 is 0.867 bits per heavy atom. The first kappa shape index (κ1) is 19.7. The van der Waals surface area contributed by atoms with Gasteiger partial charge in [0.2, 0.25) is 0 Å². The van der Waals surface area contributed by atoms with Crippen LogP contribution < -0.4 is 10.6 Å². The molecule has 0 spiro atoms. The van der Waals surface area contributed by atoms with E-state index in [0.29, 0.717) is 25.3 Å². The zero-order valence-corrected chi connectivity index (χ0v) is 16.6. The van der Waals surface area contributed by atoms with Gasteiger partial charge in [-0.1, -0.05) is 48.5 Å². The highest BCUT2D eigenvalue weighted by Gasteiger charge is 2.28. The highest BCUT2D eigenvalue weighted by atomic mass is 16.5. The number of carbonyl (C=O) groups is 2. The maximum absolute atomic E-state index is 12.1. The third kappa shape index (κ3) is 4.35. The van der Waals surface area contributed by atoms with Crippen LogP contribution in [0.4, 0.5) is 10.5 Å². The smallest absolute Gasteiger partial charge is 0.407 e. The van der Waals surface area contributed by atoms with Crippen LogP contribution in [0.5, 0.6) is 0 Å². The van der Waals surface area contributed by atoms with Crippen molar-refractivity contribution in [2.24, 2.45) is 0 Å². The highest BCUT2D eigenvalue weighted by molar-refractivity contribution is 5.79. The van der Waals surface area contributed by atoms with Gasteiger partial charge in [0.25, 0.3) is 0 Å². The molecule has 0 atom stereocenters. The van der Waals surface area contributed by atoms with Crippen LogP contribution in [0.3, 0.4) is 0 Å². The van der Waals surface area contributed by atoms with E-state index >= 15 is 0 Å². The first-order chi connectivity index (χ1) is 14.8. The maximum atomic E-state index is 12.1. The molecule has 1 aliphatic rings. The number of amides is 1. The largest absolute Gasteiger partial charge is 0.449 e. The molecule has 5 heteroatoms. The predicted molar refractivity (Wildman–Crippen MR) is 118 cm³/mol. The first-order valence-corrected chi connectivity index (χ1v) is 10.1. The molecule has 0 heterocycles. The molecule has 5 nitrogen and oxygen atoms in total. The molecule has 0 aromatic heterocycles. The van der Waals surface area contributed by atoms with Crippen molar-refractivity contribution in [2.75, 3.05) is 25.0 Å². The predicted octanol–water partition coefficient (Wildman–Crippen LogP) is 4.84. The summed E-state index contributed by atoms with van der Waals surface area (Å²) in [5.41, 5.74) is 6.44. The Morgan fingerprint density at radius 2 is 1.50 bits per heavy atom. The molecule has 3 aromatic carbocycles. The number of rotatable bonds is 8. The van der Waals surface area contributed by atoms with Crippen LogP contribution in [-0.2, 0) is 4.74 Å². The zero-order valence-electron chi connectivity index (χ0n) is 16.6. The van der Waals surface area contributed by atoms with Gasteiger partial charge in [-0.2, -0.15) is 0 Å². The fraction of sp³-hybridized carbons (Fsp3) is 0.200. The average molecular weight is 400 g/mol. The highest BCUT2D eigenvalue weighted by Crippen LogP contribution is 2.44. The summed E-state index contributed by atoms with van der Waals surface area (Å²) in [4.78, 5) is 22.8. The molecular formula is C25H24N2O3. The average Bonchev–Trinajstić information content (AvgIpc) is 3.12. The molecule has 4 rings (SSSR count). The van der Waals surface area contributed by atoms with Gasteiger partial charge in [-0.05, 0) is 52.9 Å². The summed E-state index contributed by atoms with van der Waals surface area (Å²) < 4.78 is 5.53. The van der Waals surface area contributed by atoms with Gasteiger partial charge in [0.1, 0.15) is 12.9 Å². The third-order valence-corrected chi connectivity index (χ3v) is 5.34. The Hall–Kier alpha value is -3.60. The number of anilines is 1. The molecule has 0 saturated heterocycles. The lowest BCUT2D eigenvalue weighted by molar-refractivity contribution is 0.112. The van der Waals surface area contributed by atoms with Crippen LogP contribution in [-0.4, -0.2) is 32.1 Å². The zero-order chi connectivity index (χ0) is 20.8. The van der Waals surface area contributed by atoms with Crippen molar-refractivity contribution >= 4 is 18.1 Å². The number of alkyl carbamates (subject to hydrolysis) is 1. The molecule has 3 aromatic rings. The lowest BCUT2D eigenvalue weighted by atomic mass is 9.98. The summed E-state index contributed by atoms with van der Waals surface area (Å²) in [7, 11) is 0. The summed E-state index contributed by atoms with van der Waals surface area (Å²) >= 11 is 0. The molecule has 0 bridgehead atoms. The fourth-order valence-electron chi connectivity index (χ4n) is 3.84. The van der Waals surface area contributed by atoms with Crippen molar-refractivity contribution in [3.63, 3.8) is 0 Å². The van der Waals surface area contributed by atoms with E-state index in [1.807, 2.05) is 36.4 Å². The molecule has 30 heavy (non-hydrogen) atoms. The second kappa shape index (κ2) is 9.27. The molecule has 0 radical (unpaired) electrons. The van der Waals surface area contributed by atoms with Gasteiger partial charge in [0.15, 0.2) is 0 Å². The van der Waals surface area contributed by atoms with Gasteiger partial charge in [0, 0.05) is 30.3 Å². The van der Waals surface area contributed by atoms with Crippen LogP contribution in [0.2, 0.25) is 0 Å². The minimum Gasteiger partial charge on any atom is -0.449 e. The normalized spacial score (nSPS) is 12.0. The summed E-state index contributed by atoms with van der Waals surface area (Å²) in [6.07, 6.45) is 1.19. The monoisotopic (exact) mass is 400 g/mol. The van der Waals surface area contributed by atoms with Crippen LogP contribution in [0.1, 0.15) is 33.8 Å². The molecule has 0 aliphatic heterocycles. The van der Waals surface area contributed by atoms with Crippen LogP contribution in [0.15, 0.2) is 72.8 Å². The fourth-order valence-corrected chi connectivity index (χ4v) is 3.84. The van der Waals surface area contributed by atoms with Crippen molar-refractivity contribution in [3.05, 3.63) is 89.5 Å². The molecule has 2 N–H and O–H groups in total. The van der Waals surface area contributed by atoms with E-state index in [4.69, 9.17) is 4.74 Å². The standard InChI is InChI=1S/C25H24N2O3/c28-16-18-10-12-19(13-11-18)26-14-5-15-27-25(29)30-17-24-22-8-3-1-6-20(22)21-7-2-4-9-23(21)24/h1-4,6-13,16,24,26H,5,14-15,17H2,(H,27,29). The SMILES string of the molecule is O=Cc1ccc(NCCCNC(=O)OCC2c3ccccc3-c3ccccc32)cc1. The van der Waals surface area contributed by atoms with Crippen molar-refractivity contribution in [2.45, 2.75) is 12.3 Å². The van der Waals surface area contributed by atoms with E-state index in [1.54, 1.807) is 12.1 Å². The number of ether oxygens (including phenoxy) is 1. The Labute approximate surface area is 176 Å².